The monoisotopic (exact) mass is 420 g/mol. The molecule has 0 saturated carbocycles. The van der Waals surface area contributed by atoms with Crippen LogP contribution in [0.15, 0.2) is 30.5 Å². The molecule has 2 aliphatic heterocycles. The summed E-state index contributed by atoms with van der Waals surface area (Å²) >= 11 is 0. The molecule has 2 aliphatic rings. The molecule has 31 heavy (non-hydrogen) atoms. The van der Waals surface area contributed by atoms with Crippen molar-refractivity contribution in [1.29, 1.82) is 5.26 Å². The van der Waals surface area contributed by atoms with Gasteiger partial charge in [0.15, 0.2) is 0 Å². The van der Waals surface area contributed by atoms with Crippen LogP contribution in [0.4, 0.5) is 5.69 Å². The van der Waals surface area contributed by atoms with Gasteiger partial charge in [0.05, 0.1) is 23.7 Å². The van der Waals surface area contributed by atoms with Gasteiger partial charge in [0, 0.05) is 50.0 Å². The number of pyridine rings is 1. The smallest absolute Gasteiger partial charge is 0.253 e. The minimum absolute atomic E-state index is 0.0670. The number of anilines is 1. The van der Waals surface area contributed by atoms with Crippen molar-refractivity contribution >= 4 is 28.4 Å². The fourth-order valence-electron chi connectivity index (χ4n) is 4.55. The number of amides is 2. The van der Waals surface area contributed by atoms with Gasteiger partial charge in [-0.2, -0.15) is 5.26 Å². The average Bonchev–Trinajstić information content (AvgIpc) is 3.29. The number of likely N-dealkylation sites (tertiary alicyclic amines) is 2. The Morgan fingerprint density at radius 1 is 1.19 bits per heavy atom. The Labute approximate surface area is 182 Å². The molecule has 162 valence electrons. The number of aromatic nitrogens is 1. The van der Waals surface area contributed by atoms with Gasteiger partial charge >= 0.3 is 0 Å². The molecule has 2 fully saturated rings. The second-order valence-corrected chi connectivity index (χ2v) is 8.21. The van der Waals surface area contributed by atoms with E-state index in [1.165, 1.54) is 0 Å². The van der Waals surface area contributed by atoms with E-state index in [1.807, 2.05) is 24.3 Å². The third-order valence-corrected chi connectivity index (χ3v) is 6.27. The van der Waals surface area contributed by atoms with Crippen LogP contribution in [0.1, 0.15) is 36.0 Å². The van der Waals surface area contributed by atoms with Crippen molar-refractivity contribution in [2.45, 2.75) is 37.8 Å². The van der Waals surface area contributed by atoms with Crippen LogP contribution in [-0.4, -0.2) is 71.9 Å². The van der Waals surface area contributed by atoms with Crippen LogP contribution in [0, 0.1) is 11.3 Å². The highest BCUT2D eigenvalue weighted by Crippen LogP contribution is 2.27. The molecule has 1 aromatic heterocycles. The molecule has 4 rings (SSSR count). The van der Waals surface area contributed by atoms with Gasteiger partial charge in [0.25, 0.3) is 5.91 Å². The van der Waals surface area contributed by atoms with Crippen LogP contribution >= 0.6 is 0 Å². The molecular formula is C23H28N6O2. The standard InChI is InChI=1S/C23H28N6O2/c1-25-23(31)19-6-7-20(18-5-2-10-26-22(18)19)27-16-8-12-28(13-9-16)15-21(30)29-11-3-4-17(29)14-24/h2,5-7,10,16-17,27H,3-4,8-9,11-13,15H2,1H3,(H,25,31). The molecule has 0 radical (unpaired) electrons. The fourth-order valence-corrected chi connectivity index (χ4v) is 4.55. The lowest BCUT2D eigenvalue weighted by atomic mass is 10.0. The quantitative estimate of drug-likeness (QED) is 0.767. The lowest BCUT2D eigenvalue weighted by Gasteiger charge is -2.33. The summed E-state index contributed by atoms with van der Waals surface area (Å²) < 4.78 is 0. The SMILES string of the molecule is CNC(=O)c1ccc(NC2CCN(CC(=O)N3CCCC3C#N)CC2)c2cccnc12. The van der Waals surface area contributed by atoms with Crippen molar-refractivity contribution in [3.63, 3.8) is 0 Å². The average molecular weight is 421 g/mol. The first-order chi connectivity index (χ1) is 15.1. The maximum Gasteiger partial charge on any atom is 0.253 e. The summed E-state index contributed by atoms with van der Waals surface area (Å²) in [7, 11) is 1.62. The molecule has 1 atom stereocenters. The van der Waals surface area contributed by atoms with Gasteiger partial charge in [0.1, 0.15) is 6.04 Å². The summed E-state index contributed by atoms with van der Waals surface area (Å²) in [4.78, 5) is 33.1. The van der Waals surface area contributed by atoms with E-state index < -0.39 is 0 Å². The topological polar surface area (TPSA) is 101 Å². The van der Waals surface area contributed by atoms with Crippen molar-refractivity contribution in [3.05, 3.63) is 36.0 Å². The van der Waals surface area contributed by atoms with Crippen LogP contribution in [0.2, 0.25) is 0 Å². The van der Waals surface area contributed by atoms with Crippen LogP contribution in [0.25, 0.3) is 10.9 Å². The summed E-state index contributed by atoms with van der Waals surface area (Å²) in [6.45, 7) is 2.75. The molecule has 2 amide bonds. The number of piperidine rings is 1. The molecular weight excluding hydrogens is 392 g/mol. The number of carbonyl (C=O) groups excluding carboxylic acids is 2. The number of fused-ring (bicyclic) bond motifs is 1. The largest absolute Gasteiger partial charge is 0.382 e. The Morgan fingerprint density at radius 3 is 2.74 bits per heavy atom. The molecule has 2 N–H and O–H groups in total. The third kappa shape index (κ3) is 4.47. The van der Waals surface area contributed by atoms with Crippen LogP contribution < -0.4 is 10.6 Å². The van der Waals surface area contributed by atoms with Crippen LogP contribution in [-0.2, 0) is 4.79 Å². The molecule has 2 saturated heterocycles. The second-order valence-electron chi connectivity index (χ2n) is 8.21. The highest BCUT2D eigenvalue weighted by molar-refractivity contribution is 6.08. The predicted octanol–water partition coefficient (Wildman–Crippen LogP) is 1.99. The first kappa shape index (κ1) is 21.1. The molecule has 0 spiro atoms. The van der Waals surface area contributed by atoms with E-state index in [-0.39, 0.29) is 17.9 Å². The molecule has 2 aromatic rings. The Balaban J connectivity index is 1.37. The van der Waals surface area contributed by atoms with Crippen molar-refractivity contribution in [3.8, 4) is 6.07 Å². The van der Waals surface area contributed by atoms with E-state index in [9.17, 15) is 14.9 Å². The minimum atomic E-state index is -0.258. The lowest BCUT2D eigenvalue weighted by molar-refractivity contribution is -0.132. The highest BCUT2D eigenvalue weighted by atomic mass is 16.2. The Morgan fingerprint density at radius 2 is 2.00 bits per heavy atom. The number of nitrogens with zero attached hydrogens (tertiary/aromatic N) is 4. The number of nitriles is 1. The van der Waals surface area contributed by atoms with E-state index in [0.29, 0.717) is 30.2 Å². The van der Waals surface area contributed by atoms with Crippen molar-refractivity contribution < 1.29 is 9.59 Å². The first-order valence-electron chi connectivity index (χ1n) is 10.9. The van der Waals surface area contributed by atoms with Gasteiger partial charge in [-0.15, -0.1) is 0 Å². The fraction of sp³-hybridized carbons (Fsp3) is 0.478. The van der Waals surface area contributed by atoms with Gasteiger partial charge in [-0.05, 0) is 49.9 Å². The van der Waals surface area contributed by atoms with Gasteiger partial charge in [-0.25, -0.2) is 0 Å². The normalized spacial score (nSPS) is 19.9. The predicted molar refractivity (Wildman–Crippen MR) is 119 cm³/mol. The van der Waals surface area contributed by atoms with Gasteiger partial charge in [0.2, 0.25) is 5.91 Å². The summed E-state index contributed by atoms with van der Waals surface area (Å²) in [6.07, 6.45) is 5.25. The minimum Gasteiger partial charge on any atom is -0.382 e. The van der Waals surface area contributed by atoms with E-state index in [2.05, 4.69) is 26.6 Å². The molecule has 8 nitrogen and oxygen atoms in total. The number of hydrogen-bond acceptors (Lipinski definition) is 6. The highest BCUT2D eigenvalue weighted by Gasteiger charge is 2.30. The Bertz CT molecular complexity index is 1010. The summed E-state index contributed by atoms with van der Waals surface area (Å²) in [5.41, 5.74) is 2.22. The summed E-state index contributed by atoms with van der Waals surface area (Å²) in [5, 5.41) is 16.4. The maximum atomic E-state index is 12.6. The zero-order valence-electron chi connectivity index (χ0n) is 17.8. The Hall–Kier alpha value is -3.18. The Kier molecular flexibility index (Phi) is 6.33. The summed E-state index contributed by atoms with van der Waals surface area (Å²) in [5.74, 6) is -0.0813. The molecule has 1 unspecified atom stereocenters. The molecule has 3 heterocycles. The first-order valence-corrected chi connectivity index (χ1v) is 10.9. The third-order valence-electron chi connectivity index (χ3n) is 6.27. The van der Waals surface area contributed by atoms with Gasteiger partial charge < -0.3 is 15.5 Å². The van der Waals surface area contributed by atoms with Gasteiger partial charge in [-0.3, -0.25) is 19.5 Å². The van der Waals surface area contributed by atoms with Crippen molar-refractivity contribution in [2.24, 2.45) is 0 Å². The summed E-state index contributed by atoms with van der Waals surface area (Å²) in [6, 6.07) is 9.89. The van der Waals surface area contributed by atoms with E-state index in [1.54, 1.807) is 18.1 Å². The molecule has 1 aromatic carbocycles. The number of benzene rings is 1. The van der Waals surface area contributed by atoms with Crippen molar-refractivity contribution in [1.82, 2.24) is 20.1 Å². The number of carbonyl (C=O) groups is 2. The second kappa shape index (κ2) is 9.31. The molecule has 8 heteroatoms. The maximum absolute atomic E-state index is 12.6. The van der Waals surface area contributed by atoms with Crippen molar-refractivity contribution in [2.75, 3.05) is 38.5 Å². The molecule has 0 aliphatic carbocycles. The van der Waals surface area contributed by atoms with Gasteiger partial charge in [-0.1, -0.05) is 0 Å². The number of rotatable bonds is 5. The van der Waals surface area contributed by atoms with E-state index >= 15 is 0 Å². The lowest BCUT2D eigenvalue weighted by Crippen LogP contribution is -2.46. The van der Waals surface area contributed by atoms with Crippen LogP contribution in [0.5, 0.6) is 0 Å². The number of nitrogens with one attached hydrogen (secondary N) is 2. The van der Waals surface area contributed by atoms with E-state index in [4.69, 9.17) is 0 Å². The molecule has 0 bridgehead atoms. The van der Waals surface area contributed by atoms with E-state index in [0.717, 1.165) is 49.8 Å². The number of hydrogen-bond donors (Lipinski definition) is 2. The zero-order valence-corrected chi connectivity index (χ0v) is 17.8. The van der Waals surface area contributed by atoms with Crippen LogP contribution in [0.3, 0.4) is 0 Å². The zero-order chi connectivity index (χ0) is 21.8.